The van der Waals surface area contributed by atoms with Crippen molar-refractivity contribution in [3.05, 3.63) is 48.3 Å². The van der Waals surface area contributed by atoms with Crippen LogP contribution in [0.1, 0.15) is 12.5 Å². The van der Waals surface area contributed by atoms with Crippen molar-refractivity contribution in [2.45, 2.75) is 19.5 Å². The number of nitrogens with one attached hydrogen (secondary N) is 1. The lowest BCUT2D eigenvalue weighted by Gasteiger charge is -2.16. The zero-order valence-corrected chi connectivity index (χ0v) is 9.97. The van der Waals surface area contributed by atoms with Crippen LogP contribution in [-0.2, 0) is 6.54 Å². The van der Waals surface area contributed by atoms with Crippen LogP contribution in [0.5, 0.6) is 0 Å². The molecule has 5 heteroatoms. The Morgan fingerprint density at radius 3 is 3.00 bits per heavy atom. The summed E-state index contributed by atoms with van der Waals surface area (Å²) in [5.41, 5.74) is 0.724. The second-order valence-electron chi connectivity index (χ2n) is 4.11. The predicted molar refractivity (Wildman–Crippen MR) is 66.4 cm³/mol. The van der Waals surface area contributed by atoms with E-state index in [2.05, 4.69) is 10.3 Å². The van der Waals surface area contributed by atoms with E-state index in [-0.39, 0.29) is 6.04 Å². The second kappa shape index (κ2) is 5.32. The van der Waals surface area contributed by atoms with Gasteiger partial charge in [-0.1, -0.05) is 0 Å². The molecule has 1 N–H and O–H groups in total. The molecule has 0 aliphatic heterocycles. The first-order chi connectivity index (χ1) is 8.69. The maximum atomic E-state index is 13.6. The van der Waals surface area contributed by atoms with E-state index in [4.69, 9.17) is 5.26 Å². The van der Waals surface area contributed by atoms with Gasteiger partial charge >= 0.3 is 0 Å². The lowest BCUT2D eigenvalue weighted by molar-refractivity contribution is 0.599. The molecule has 0 saturated heterocycles. The Balaban J connectivity index is 2.03. The van der Waals surface area contributed by atoms with Crippen molar-refractivity contribution in [2.24, 2.45) is 0 Å². The van der Waals surface area contributed by atoms with Crippen LogP contribution in [0.3, 0.4) is 0 Å². The molecule has 0 aliphatic carbocycles. The fraction of sp³-hybridized carbons (Fsp3) is 0.231. The van der Waals surface area contributed by atoms with Crippen molar-refractivity contribution in [2.75, 3.05) is 5.32 Å². The largest absolute Gasteiger partial charge is 0.378 e. The average Bonchev–Trinajstić information content (AvgIpc) is 2.84. The summed E-state index contributed by atoms with van der Waals surface area (Å²) >= 11 is 0. The van der Waals surface area contributed by atoms with Gasteiger partial charge in [0.05, 0.1) is 23.6 Å². The van der Waals surface area contributed by atoms with Gasteiger partial charge in [0.25, 0.3) is 0 Å². The SMILES string of the molecule is CC(Cn1ccnc1)Nc1ccc(C#N)cc1F. The Labute approximate surface area is 105 Å². The number of rotatable bonds is 4. The van der Waals surface area contributed by atoms with Crippen molar-refractivity contribution < 1.29 is 4.39 Å². The van der Waals surface area contributed by atoms with E-state index < -0.39 is 5.82 Å². The summed E-state index contributed by atoms with van der Waals surface area (Å²) in [6.07, 6.45) is 5.27. The Hall–Kier alpha value is -2.35. The molecule has 1 atom stereocenters. The normalized spacial score (nSPS) is 11.8. The fourth-order valence-electron chi connectivity index (χ4n) is 1.72. The molecule has 0 bridgehead atoms. The summed E-state index contributed by atoms with van der Waals surface area (Å²) in [7, 11) is 0. The van der Waals surface area contributed by atoms with Gasteiger partial charge in [0.1, 0.15) is 5.82 Å². The number of hydrogen-bond acceptors (Lipinski definition) is 3. The first-order valence-corrected chi connectivity index (χ1v) is 5.61. The monoisotopic (exact) mass is 244 g/mol. The Kier molecular flexibility index (Phi) is 3.58. The molecule has 1 aromatic carbocycles. The van der Waals surface area contributed by atoms with Crippen molar-refractivity contribution in [1.82, 2.24) is 9.55 Å². The summed E-state index contributed by atoms with van der Waals surface area (Å²) in [5.74, 6) is -0.411. The minimum atomic E-state index is -0.411. The van der Waals surface area contributed by atoms with Crippen LogP contribution in [0.2, 0.25) is 0 Å². The highest BCUT2D eigenvalue weighted by molar-refractivity contribution is 5.49. The van der Waals surface area contributed by atoms with Gasteiger partial charge in [-0.2, -0.15) is 5.26 Å². The Morgan fingerprint density at radius 2 is 2.39 bits per heavy atom. The third kappa shape index (κ3) is 2.86. The van der Waals surface area contributed by atoms with Crippen LogP contribution in [-0.4, -0.2) is 15.6 Å². The standard InChI is InChI=1S/C13H13FN4/c1-10(8-18-5-4-16-9-18)17-13-3-2-11(7-15)6-12(13)14/h2-6,9-10,17H,8H2,1H3. The molecule has 2 aromatic rings. The molecule has 2 rings (SSSR count). The molecular weight excluding hydrogens is 231 g/mol. The first kappa shape index (κ1) is 12.1. The van der Waals surface area contributed by atoms with Crippen LogP contribution in [0.25, 0.3) is 0 Å². The molecule has 18 heavy (non-hydrogen) atoms. The van der Waals surface area contributed by atoms with E-state index in [1.807, 2.05) is 23.8 Å². The van der Waals surface area contributed by atoms with Gasteiger partial charge in [-0.3, -0.25) is 0 Å². The van der Waals surface area contributed by atoms with Gasteiger partial charge in [-0.25, -0.2) is 9.37 Å². The second-order valence-corrected chi connectivity index (χ2v) is 4.11. The van der Waals surface area contributed by atoms with E-state index in [9.17, 15) is 4.39 Å². The topological polar surface area (TPSA) is 53.6 Å². The number of aromatic nitrogens is 2. The van der Waals surface area contributed by atoms with Gasteiger partial charge < -0.3 is 9.88 Å². The summed E-state index contributed by atoms with van der Waals surface area (Å²) in [5, 5.41) is 11.7. The molecule has 1 heterocycles. The highest BCUT2D eigenvalue weighted by atomic mass is 19.1. The quantitative estimate of drug-likeness (QED) is 0.898. The van der Waals surface area contributed by atoms with Crippen LogP contribution in [0.15, 0.2) is 36.9 Å². The van der Waals surface area contributed by atoms with Crippen molar-refractivity contribution in [3.63, 3.8) is 0 Å². The van der Waals surface area contributed by atoms with E-state index in [1.54, 1.807) is 24.7 Å². The number of anilines is 1. The zero-order chi connectivity index (χ0) is 13.0. The zero-order valence-electron chi connectivity index (χ0n) is 9.97. The molecule has 0 radical (unpaired) electrons. The van der Waals surface area contributed by atoms with Gasteiger partial charge in [0.15, 0.2) is 0 Å². The van der Waals surface area contributed by atoms with Crippen LogP contribution in [0, 0.1) is 17.1 Å². The Morgan fingerprint density at radius 1 is 1.56 bits per heavy atom. The van der Waals surface area contributed by atoms with Crippen molar-refractivity contribution in [1.29, 1.82) is 5.26 Å². The lowest BCUT2D eigenvalue weighted by Crippen LogP contribution is -2.21. The van der Waals surface area contributed by atoms with E-state index in [0.29, 0.717) is 17.8 Å². The molecule has 0 fully saturated rings. The molecule has 1 unspecified atom stereocenters. The fourth-order valence-corrected chi connectivity index (χ4v) is 1.72. The molecule has 0 saturated carbocycles. The maximum absolute atomic E-state index is 13.6. The van der Waals surface area contributed by atoms with Crippen molar-refractivity contribution in [3.8, 4) is 6.07 Å². The summed E-state index contributed by atoms with van der Waals surface area (Å²) < 4.78 is 15.6. The number of nitrogens with zero attached hydrogens (tertiary/aromatic N) is 3. The smallest absolute Gasteiger partial charge is 0.147 e. The molecule has 1 aromatic heterocycles. The molecule has 0 aliphatic rings. The Bertz CT molecular complexity index is 557. The minimum absolute atomic E-state index is 0.0571. The highest BCUT2D eigenvalue weighted by Crippen LogP contribution is 2.16. The van der Waals surface area contributed by atoms with E-state index in [0.717, 1.165) is 0 Å². The van der Waals surface area contributed by atoms with Crippen LogP contribution in [0.4, 0.5) is 10.1 Å². The van der Waals surface area contributed by atoms with Gasteiger partial charge in [-0.05, 0) is 25.1 Å². The maximum Gasteiger partial charge on any atom is 0.147 e. The molecule has 92 valence electrons. The number of halogens is 1. The van der Waals surface area contributed by atoms with E-state index >= 15 is 0 Å². The minimum Gasteiger partial charge on any atom is -0.378 e. The third-order valence-corrected chi connectivity index (χ3v) is 2.54. The third-order valence-electron chi connectivity index (χ3n) is 2.54. The summed E-state index contributed by atoms with van der Waals surface area (Å²) in [4.78, 5) is 3.95. The van der Waals surface area contributed by atoms with Crippen LogP contribution >= 0.6 is 0 Å². The number of nitriles is 1. The first-order valence-electron chi connectivity index (χ1n) is 5.61. The van der Waals surface area contributed by atoms with Crippen LogP contribution < -0.4 is 5.32 Å². The predicted octanol–water partition coefficient (Wildman–Crippen LogP) is 2.39. The number of imidazole rings is 1. The molecular formula is C13H13FN4. The van der Waals surface area contributed by atoms with E-state index in [1.165, 1.54) is 6.07 Å². The van der Waals surface area contributed by atoms with Gasteiger partial charge in [-0.15, -0.1) is 0 Å². The lowest BCUT2D eigenvalue weighted by atomic mass is 10.2. The highest BCUT2D eigenvalue weighted by Gasteiger charge is 2.07. The van der Waals surface area contributed by atoms with Crippen molar-refractivity contribution >= 4 is 5.69 Å². The summed E-state index contributed by atoms with van der Waals surface area (Å²) in [6.45, 7) is 2.65. The van der Waals surface area contributed by atoms with Gasteiger partial charge in [0, 0.05) is 25.0 Å². The average molecular weight is 244 g/mol. The molecule has 0 amide bonds. The summed E-state index contributed by atoms with van der Waals surface area (Å²) in [6, 6.07) is 6.36. The number of benzene rings is 1. The molecule has 4 nitrogen and oxygen atoms in total. The number of hydrogen-bond donors (Lipinski definition) is 1. The van der Waals surface area contributed by atoms with Gasteiger partial charge in [0.2, 0.25) is 0 Å². The molecule has 0 spiro atoms.